The molecule has 2 aliphatic heterocycles. The van der Waals surface area contributed by atoms with Gasteiger partial charge in [-0.25, -0.2) is 0 Å². The zero-order chi connectivity index (χ0) is 17.2. The molecule has 0 N–H and O–H groups in total. The van der Waals surface area contributed by atoms with Crippen LogP contribution in [0.1, 0.15) is 22.8 Å². The maximum atomic E-state index is 13.0. The van der Waals surface area contributed by atoms with Crippen molar-refractivity contribution < 1.29 is 4.79 Å². The Morgan fingerprint density at radius 3 is 2.68 bits per heavy atom. The van der Waals surface area contributed by atoms with E-state index >= 15 is 0 Å². The van der Waals surface area contributed by atoms with Gasteiger partial charge in [0, 0.05) is 44.6 Å². The number of hydrogen-bond donors (Lipinski definition) is 0. The number of anilines is 2. The smallest absolute Gasteiger partial charge is 0.259 e. The van der Waals surface area contributed by atoms with E-state index in [9.17, 15) is 4.79 Å². The zero-order valence-electron chi connectivity index (χ0n) is 14.7. The van der Waals surface area contributed by atoms with Crippen molar-refractivity contribution >= 4 is 17.3 Å². The Bertz CT molecular complexity index is 768. The molecule has 1 saturated heterocycles. The quantitative estimate of drug-likeness (QED) is 0.863. The van der Waals surface area contributed by atoms with Crippen LogP contribution in [-0.4, -0.2) is 55.1 Å². The summed E-state index contributed by atoms with van der Waals surface area (Å²) in [6.07, 6.45) is 4.49. The van der Waals surface area contributed by atoms with Crippen molar-refractivity contribution in [2.24, 2.45) is 0 Å². The summed E-state index contributed by atoms with van der Waals surface area (Å²) in [7, 11) is 0. The second-order valence-corrected chi connectivity index (χ2v) is 6.69. The molecule has 1 aromatic heterocycles. The fourth-order valence-corrected chi connectivity index (χ4v) is 3.75. The Kier molecular flexibility index (Phi) is 4.40. The van der Waals surface area contributed by atoms with E-state index in [1.807, 2.05) is 35.4 Å². The van der Waals surface area contributed by atoms with Gasteiger partial charge in [0.15, 0.2) is 0 Å². The lowest BCUT2D eigenvalue weighted by atomic mass is 10.1. The van der Waals surface area contributed by atoms with E-state index in [1.54, 1.807) is 6.20 Å². The number of carbonyl (C=O) groups excluding carboxylic acids is 1. The predicted octanol–water partition coefficient (Wildman–Crippen LogP) is 2.43. The average Bonchev–Trinajstić information content (AvgIpc) is 3.12. The summed E-state index contributed by atoms with van der Waals surface area (Å²) in [4.78, 5) is 24.0. The molecule has 0 unspecified atom stereocenters. The number of hydrogen-bond acceptors (Lipinski definition) is 4. The molecular weight excluding hydrogens is 312 g/mol. The van der Waals surface area contributed by atoms with Crippen molar-refractivity contribution in [3.05, 3.63) is 53.9 Å². The van der Waals surface area contributed by atoms with Crippen molar-refractivity contribution in [1.82, 2.24) is 9.88 Å². The molecule has 1 fully saturated rings. The largest absolute Gasteiger partial charge is 0.368 e. The van der Waals surface area contributed by atoms with Gasteiger partial charge in [-0.3, -0.25) is 9.78 Å². The predicted molar refractivity (Wildman–Crippen MR) is 100 cm³/mol. The van der Waals surface area contributed by atoms with Gasteiger partial charge in [-0.2, -0.15) is 0 Å². The highest BCUT2D eigenvalue weighted by molar-refractivity contribution is 6.07. The van der Waals surface area contributed by atoms with Crippen molar-refractivity contribution in [1.29, 1.82) is 0 Å². The van der Waals surface area contributed by atoms with Crippen LogP contribution in [0.2, 0.25) is 0 Å². The van der Waals surface area contributed by atoms with Gasteiger partial charge in [-0.1, -0.05) is 25.1 Å². The number of carbonyl (C=O) groups is 1. The molecule has 5 heteroatoms. The van der Waals surface area contributed by atoms with Crippen molar-refractivity contribution in [2.75, 3.05) is 49.1 Å². The van der Waals surface area contributed by atoms with Crippen molar-refractivity contribution in [2.45, 2.75) is 13.3 Å². The maximum absolute atomic E-state index is 13.0. The van der Waals surface area contributed by atoms with Crippen LogP contribution in [0.25, 0.3) is 0 Å². The van der Waals surface area contributed by atoms with E-state index in [1.165, 1.54) is 5.56 Å². The zero-order valence-corrected chi connectivity index (χ0v) is 14.7. The first-order valence-electron chi connectivity index (χ1n) is 9.08. The van der Waals surface area contributed by atoms with E-state index in [0.29, 0.717) is 5.56 Å². The van der Waals surface area contributed by atoms with Crippen LogP contribution in [0.3, 0.4) is 0 Å². The molecule has 2 aliphatic rings. The van der Waals surface area contributed by atoms with Gasteiger partial charge in [0.1, 0.15) is 0 Å². The van der Waals surface area contributed by atoms with Gasteiger partial charge in [-0.05, 0) is 30.7 Å². The number of piperazine rings is 1. The molecule has 1 amide bonds. The molecular formula is C20H24N4O. The fraction of sp³-hybridized carbons (Fsp3) is 0.400. The Morgan fingerprint density at radius 1 is 1.08 bits per heavy atom. The number of fused-ring (bicyclic) bond motifs is 1. The highest BCUT2D eigenvalue weighted by atomic mass is 16.2. The molecule has 0 aliphatic carbocycles. The summed E-state index contributed by atoms with van der Waals surface area (Å²) in [5.41, 5.74) is 4.01. The molecule has 0 saturated carbocycles. The summed E-state index contributed by atoms with van der Waals surface area (Å²) < 4.78 is 0. The number of likely N-dealkylation sites (N-methyl/N-ethyl adjacent to an activating group) is 1. The van der Waals surface area contributed by atoms with Gasteiger partial charge < -0.3 is 14.7 Å². The Balaban J connectivity index is 1.53. The van der Waals surface area contributed by atoms with Crippen LogP contribution in [0.5, 0.6) is 0 Å². The van der Waals surface area contributed by atoms with Gasteiger partial charge >= 0.3 is 0 Å². The number of nitrogens with zero attached hydrogens (tertiary/aromatic N) is 4. The summed E-state index contributed by atoms with van der Waals surface area (Å²) in [5, 5.41) is 0. The van der Waals surface area contributed by atoms with Crippen LogP contribution in [0.15, 0.2) is 42.7 Å². The average molecular weight is 336 g/mol. The lowest BCUT2D eigenvalue weighted by Crippen LogP contribution is -2.46. The molecule has 130 valence electrons. The molecule has 0 radical (unpaired) electrons. The Labute approximate surface area is 148 Å². The van der Waals surface area contributed by atoms with Gasteiger partial charge in [0.25, 0.3) is 5.91 Å². The first-order chi connectivity index (χ1) is 12.3. The molecule has 0 bridgehead atoms. The molecule has 25 heavy (non-hydrogen) atoms. The number of pyridine rings is 1. The topological polar surface area (TPSA) is 39.7 Å². The Morgan fingerprint density at radius 2 is 1.88 bits per heavy atom. The molecule has 0 spiro atoms. The first-order valence-corrected chi connectivity index (χ1v) is 9.08. The highest BCUT2D eigenvalue weighted by Crippen LogP contribution is 2.29. The minimum atomic E-state index is 0.0477. The number of benzene rings is 1. The maximum Gasteiger partial charge on any atom is 0.259 e. The van der Waals surface area contributed by atoms with Crippen LogP contribution >= 0.6 is 0 Å². The summed E-state index contributed by atoms with van der Waals surface area (Å²) in [5.74, 6) is 0.0477. The van der Waals surface area contributed by atoms with Gasteiger partial charge in [0.05, 0.1) is 17.4 Å². The lowest BCUT2D eigenvalue weighted by molar-refractivity contribution is 0.0989. The van der Waals surface area contributed by atoms with E-state index in [0.717, 1.165) is 57.1 Å². The fourth-order valence-electron chi connectivity index (χ4n) is 3.75. The summed E-state index contributed by atoms with van der Waals surface area (Å²) >= 11 is 0. The van der Waals surface area contributed by atoms with Crippen LogP contribution in [-0.2, 0) is 6.42 Å². The summed E-state index contributed by atoms with van der Waals surface area (Å²) in [6, 6.07) is 10.2. The van der Waals surface area contributed by atoms with E-state index in [-0.39, 0.29) is 5.91 Å². The third-order valence-corrected chi connectivity index (χ3v) is 5.29. The minimum absolute atomic E-state index is 0.0477. The molecule has 2 aromatic rings. The molecule has 5 nitrogen and oxygen atoms in total. The first kappa shape index (κ1) is 16.1. The van der Waals surface area contributed by atoms with E-state index in [2.05, 4.69) is 27.8 Å². The second kappa shape index (κ2) is 6.84. The monoisotopic (exact) mass is 336 g/mol. The van der Waals surface area contributed by atoms with Crippen molar-refractivity contribution in [3.63, 3.8) is 0 Å². The second-order valence-electron chi connectivity index (χ2n) is 6.69. The van der Waals surface area contributed by atoms with E-state index < -0.39 is 0 Å². The van der Waals surface area contributed by atoms with Gasteiger partial charge in [0.2, 0.25) is 0 Å². The molecule has 0 atom stereocenters. The molecule has 1 aromatic carbocycles. The summed E-state index contributed by atoms with van der Waals surface area (Å²) in [6.45, 7) is 8.14. The van der Waals surface area contributed by atoms with Crippen molar-refractivity contribution in [3.8, 4) is 0 Å². The minimum Gasteiger partial charge on any atom is -0.368 e. The Hall–Kier alpha value is -2.40. The lowest BCUT2D eigenvalue weighted by Gasteiger charge is -2.35. The SMILES string of the molecule is CCN1CCN(c2cncc(C(=O)N3CCc4ccccc43)c2)CC1. The number of para-hydroxylation sites is 1. The van der Waals surface area contributed by atoms with Gasteiger partial charge in [-0.15, -0.1) is 0 Å². The normalized spacial score (nSPS) is 17.6. The standard InChI is InChI=1S/C20H24N4O/c1-2-22-9-11-23(12-10-22)18-13-17(14-21-15-18)20(25)24-8-7-16-5-3-4-6-19(16)24/h3-6,13-15H,2,7-12H2,1H3. The highest BCUT2D eigenvalue weighted by Gasteiger charge is 2.26. The third kappa shape index (κ3) is 3.12. The van der Waals surface area contributed by atoms with E-state index in [4.69, 9.17) is 0 Å². The number of amides is 1. The molecule has 3 heterocycles. The van der Waals surface area contributed by atoms with Crippen LogP contribution in [0.4, 0.5) is 11.4 Å². The molecule has 4 rings (SSSR count). The number of aromatic nitrogens is 1. The third-order valence-electron chi connectivity index (χ3n) is 5.29. The van der Waals surface area contributed by atoms with Crippen LogP contribution < -0.4 is 9.80 Å². The van der Waals surface area contributed by atoms with Crippen LogP contribution in [0, 0.1) is 0 Å². The number of rotatable bonds is 3.